The van der Waals surface area contributed by atoms with E-state index in [0.717, 1.165) is 17.1 Å². The van der Waals surface area contributed by atoms with E-state index in [1.807, 2.05) is 36.4 Å². The Kier molecular flexibility index (Phi) is 5.60. The molecule has 106 valence electrons. The van der Waals surface area contributed by atoms with Crippen molar-refractivity contribution >= 4 is 33.4 Å². The number of para-hydroxylation sites is 1. The van der Waals surface area contributed by atoms with E-state index >= 15 is 0 Å². The minimum Gasteiger partial charge on any atom is -0.456 e. The molecule has 2 unspecified atom stereocenters. The smallest absolute Gasteiger partial charge is 0.143 e. The maximum atomic E-state index is 11.7. The Morgan fingerprint density at radius 2 is 1.80 bits per heavy atom. The van der Waals surface area contributed by atoms with Gasteiger partial charge in [-0.2, -0.15) is 0 Å². The molecule has 2 rings (SSSR count). The molecule has 0 saturated heterocycles. The monoisotopic (exact) mass is 400 g/mol. The van der Waals surface area contributed by atoms with Gasteiger partial charge < -0.3 is 4.74 Å². The third kappa shape index (κ3) is 3.82. The first-order valence-corrected chi connectivity index (χ1v) is 9.26. The molecule has 0 heterocycles. The van der Waals surface area contributed by atoms with Crippen molar-refractivity contribution in [3.05, 3.63) is 54.1 Å². The molecule has 0 fully saturated rings. The second-order valence-electron chi connectivity index (χ2n) is 4.45. The Bertz CT molecular complexity index is 596. The largest absolute Gasteiger partial charge is 0.456 e. The fraction of sp³-hybridized carbons (Fsp3) is 0.250. The van der Waals surface area contributed by atoms with Gasteiger partial charge in [0.25, 0.3) is 0 Å². The van der Waals surface area contributed by atoms with Crippen LogP contribution in [0.15, 0.2) is 53.4 Å². The molecule has 0 saturated carbocycles. The quantitative estimate of drug-likeness (QED) is 0.516. The molecular weight excluding hydrogens is 383 g/mol. The van der Waals surface area contributed by atoms with Crippen molar-refractivity contribution in [2.75, 3.05) is 6.26 Å². The zero-order valence-electron chi connectivity index (χ0n) is 11.5. The zero-order valence-corrected chi connectivity index (χ0v) is 14.5. The average Bonchev–Trinajstić information content (AvgIpc) is 2.47. The lowest BCUT2D eigenvalue weighted by atomic mass is 10.1. The number of halogens is 1. The summed E-state index contributed by atoms with van der Waals surface area (Å²) in [6.45, 7) is 2.17. The minimum atomic E-state index is -1.05. The predicted molar refractivity (Wildman–Crippen MR) is 92.3 cm³/mol. The van der Waals surface area contributed by atoms with Gasteiger partial charge in [-0.25, -0.2) is 0 Å². The molecule has 2 atom stereocenters. The summed E-state index contributed by atoms with van der Waals surface area (Å²) in [6.07, 6.45) is 2.77. The maximum absolute atomic E-state index is 11.7. The van der Waals surface area contributed by atoms with Crippen LogP contribution in [0.4, 0.5) is 0 Å². The second-order valence-corrected chi connectivity index (χ2v) is 7.30. The van der Waals surface area contributed by atoms with Gasteiger partial charge in [0.05, 0.1) is 15.7 Å². The Labute approximate surface area is 136 Å². The molecule has 0 amide bonds. The maximum Gasteiger partial charge on any atom is 0.143 e. The van der Waals surface area contributed by atoms with Gasteiger partial charge in [-0.3, -0.25) is 4.21 Å². The summed E-state index contributed by atoms with van der Waals surface area (Å²) in [5.41, 5.74) is 1.30. The number of hydrogen-bond donors (Lipinski definition) is 0. The zero-order chi connectivity index (χ0) is 14.5. The van der Waals surface area contributed by atoms with Crippen LogP contribution in [0.1, 0.15) is 22.8 Å². The van der Waals surface area contributed by atoms with Gasteiger partial charge >= 0.3 is 0 Å². The number of benzene rings is 2. The second kappa shape index (κ2) is 7.22. The topological polar surface area (TPSA) is 26.3 Å². The van der Waals surface area contributed by atoms with Gasteiger partial charge in [0.15, 0.2) is 0 Å². The number of hydrogen-bond acceptors (Lipinski definition) is 2. The molecule has 0 bridgehead atoms. The molecule has 0 radical (unpaired) electrons. The lowest BCUT2D eigenvalue weighted by molar-refractivity contribution is 0.470. The highest BCUT2D eigenvalue weighted by Crippen LogP contribution is 2.31. The summed E-state index contributed by atoms with van der Waals surface area (Å²) in [4.78, 5) is 0.719. The summed E-state index contributed by atoms with van der Waals surface area (Å²) < 4.78 is 18.0. The number of alkyl halides is 1. The highest BCUT2D eigenvalue weighted by molar-refractivity contribution is 14.1. The SMILES string of the molecule is CCC(I)c1ccc(Oc2ccccc2S(C)=O)cc1. The summed E-state index contributed by atoms with van der Waals surface area (Å²) in [7, 11) is -1.05. The molecule has 0 aliphatic heterocycles. The minimum absolute atomic E-state index is 0.525. The van der Waals surface area contributed by atoms with Crippen LogP contribution in [-0.2, 0) is 10.8 Å². The Hall–Kier alpha value is -0.880. The molecular formula is C16H17IO2S. The lowest BCUT2D eigenvalue weighted by Crippen LogP contribution is -1.94. The molecule has 0 N–H and O–H groups in total. The van der Waals surface area contributed by atoms with Crippen LogP contribution in [0.25, 0.3) is 0 Å². The molecule has 0 aliphatic rings. The Morgan fingerprint density at radius 3 is 2.40 bits per heavy atom. The summed E-state index contributed by atoms with van der Waals surface area (Å²) in [5.74, 6) is 1.42. The Morgan fingerprint density at radius 1 is 1.15 bits per heavy atom. The van der Waals surface area contributed by atoms with Gasteiger partial charge in [0, 0.05) is 10.2 Å². The van der Waals surface area contributed by atoms with Crippen molar-refractivity contribution in [3.63, 3.8) is 0 Å². The molecule has 2 aromatic carbocycles. The van der Waals surface area contributed by atoms with Crippen LogP contribution in [0.3, 0.4) is 0 Å². The van der Waals surface area contributed by atoms with Crippen LogP contribution in [-0.4, -0.2) is 10.5 Å². The third-order valence-corrected chi connectivity index (χ3v) is 5.54. The van der Waals surface area contributed by atoms with Crippen molar-refractivity contribution < 1.29 is 8.95 Å². The van der Waals surface area contributed by atoms with E-state index < -0.39 is 10.8 Å². The van der Waals surface area contributed by atoms with Crippen molar-refractivity contribution in [1.29, 1.82) is 0 Å². The standard InChI is InChI=1S/C16H17IO2S/c1-3-14(17)12-8-10-13(11-9-12)19-15-6-4-5-7-16(15)20(2)18/h4-11,14H,3H2,1-2H3. The third-order valence-electron chi connectivity index (χ3n) is 2.99. The van der Waals surface area contributed by atoms with Crippen molar-refractivity contribution in [2.24, 2.45) is 0 Å². The number of rotatable bonds is 5. The van der Waals surface area contributed by atoms with E-state index in [-0.39, 0.29) is 0 Å². The van der Waals surface area contributed by atoms with Crippen LogP contribution in [0, 0.1) is 0 Å². The predicted octanol–water partition coefficient (Wildman–Crippen LogP) is 5.10. The first-order valence-electron chi connectivity index (χ1n) is 6.46. The first kappa shape index (κ1) is 15.5. The highest BCUT2D eigenvalue weighted by atomic mass is 127. The Balaban J connectivity index is 2.20. The molecule has 0 aromatic heterocycles. The van der Waals surface area contributed by atoms with Crippen LogP contribution >= 0.6 is 22.6 Å². The normalized spacial score (nSPS) is 13.8. The van der Waals surface area contributed by atoms with E-state index in [1.54, 1.807) is 6.26 Å². The average molecular weight is 400 g/mol. The highest BCUT2D eigenvalue weighted by Gasteiger charge is 2.08. The van der Waals surface area contributed by atoms with E-state index in [2.05, 4.69) is 41.6 Å². The van der Waals surface area contributed by atoms with Gasteiger partial charge in [0.2, 0.25) is 0 Å². The van der Waals surface area contributed by atoms with Gasteiger partial charge in [-0.15, -0.1) is 0 Å². The summed E-state index contributed by atoms with van der Waals surface area (Å²) >= 11 is 2.44. The van der Waals surface area contributed by atoms with Gasteiger partial charge in [0.1, 0.15) is 11.5 Å². The fourth-order valence-electron chi connectivity index (χ4n) is 1.88. The van der Waals surface area contributed by atoms with Crippen LogP contribution in [0.5, 0.6) is 11.5 Å². The van der Waals surface area contributed by atoms with Crippen LogP contribution in [0.2, 0.25) is 0 Å². The van der Waals surface area contributed by atoms with Gasteiger partial charge in [-0.1, -0.05) is 53.8 Å². The number of ether oxygens (including phenoxy) is 1. The van der Waals surface area contributed by atoms with E-state index in [9.17, 15) is 4.21 Å². The first-order chi connectivity index (χ1) is 9.61. The fourth-order valence-corrected chi connectivity index (χ4v) is 2.96. The molecule has 0 aliphatic carbocycles. The molecule has 0 spiro atoms. The lowest BCUT2D eigenvalue weighted by Gasteiger charge is -2.11. The summed E-state index contributed by atoms with van der Waals surface area (Å²) in [5, 5.41) is 0. The molecule has 4 heteroatoms. The van der Waals surface area contributed by atoms with Crippen molar-refractivity contribution in [2.45, 2.75) is 22.2 Å². The van der Waals surface area contributed by atoms with Gasteiger partial charge in [-0.05, 0) is 36.2 Å². The van der Waals surface area contributed by atoms with Crippen molar-refractivity contribution in [1.82, 2.24) is 0 Å². The van der Waals surface area contributed by atoms with Crippen LogP contribution < -0.4 is 4.74 Å². The van der Waals surface area contributed by atoms with Crippen molar-refractivity contribution in [3.8, 4) is 11.5 Å². The molecule has 2 aromatic rings. The molecule has 20 heavy (non-hydrogen) atoms. The molecule has 2 nitrogen and oxygen atoms in total. The van der Waals surface area contributed by atoms with E-state index in [0.29, 0.717) is 9.67 Å². The van der Waals surface area contributed by atoms with E-state index in [4.69, 9.17) is 4.74 Å². The van der Waals surface area contributed by atoms with E-state index in [1.165, 1.54) is 5.56 Å². The summed E-state index contributed by atoms with van der Waals surface area (Å²) in [6, 6.07) is 15.5.